The zero-order chi connectivity index (χ0) is 17.2. The van der Waals surface area contributed by atoms with Crippen LogP contribution in [0.25, 0.3) is 0 Å². The molecule has 2 aliphatic heterocycles. The number of thiophene rings is 1. The summed E-state index contributed by atoms with van der Waals surface area (Å²) in [5, 5.41) is 4.95. The van der Waals surface area contributed by atoms with Gasteiger partial charge in [0.25, 0.3) is 10.0 Å². The van der Waals surface area contributed by atoms with E-state index in [1.807, 2.05) is 11.9 Å². The molecular weight excluding hydrogens is 346 g/mol. The third kappa shape index (κ3) is 3.51. The van der Waals surface area contributed by atoms with Gasteiger partial charge in [0.2, 0.25) is 5.91 Å². The van der Waals surface area contributed by atoms with Gasteiger partial charge in [0.05, 0.1) is 0 Å². The van der Waals surface area contributed by atoms with Crippen LogP contribution >= 0.6 is 11.3 Å². The van der Waals surface area contributed by atoms with Crippen LogP contribution in [0.3, 0.4) is 0 Å². The first-order chi connectivity index (χ1) is 11.5. The van der Waals surface area contributed by atoms with Crippen LogP contribution in [-0.4, -0.2) is 62.8 Å². The number of nitrogens with one attached hydrogen (secondary N) is 1. The highest BCUT2D eigenvalue weighted by Crippen LogP contribution is 2.30. The Kier molecular flexibility index (Phi) is 5.59. The fourth-order valence-corrected chi connectivity index (χ4v) is 6.43. The Bertz CT molecular complexity index is 652. The maximum atomic E-state index is 12.9. The molecule has 0 bridgehead atoms. The second-order valence-electron chi connectivity index (χ2n) is 6.53. The second-order valence-corrected chi connectivity index (χ2v) is 9.60. The summed E-state index contributed by atoms with van der Waals surface area (Å²) in [5.74, 6) is 0.587. The van der Waals surface area contributed by atoms with Crippen LogP contribution in [0.5, 0.6) is 0 Å². The molecule has 1 aromatic rings. The molecule has 2 saturated heterocycles. The quantitative estimate of drug-likeness (QED) is 0.848. The summed E-state index contributed by atoms with van der Waals surface area (Å²) in [6.45, 7) is 2.88. The molecule has 1 amide bonds. The Balaban J connectivity index is 1.69. The number of carbonyl (C=O) groups is 1. The van der Waals surface area contributed by atoms with E-state index in [0.29, 0.717) is 23.1 Å². The van der Waals surface area contributed by atoms with Crippen LogP contribution in [0.4, 0.5) is 0 Å². The Labute approximate surface area is 147 Å². The van der Waals surface area contributed by atoms with Gasteiger partial charge < -0.3 is 10.2 Å². The molecule has 8 heteroatoms. The number of rotatable bonds is 5. The van der Waals surface area contributed by atoms with Crippen molar-refractivity contribution >= 4 is 27.3 Å². The van der Waals surface area contributed by atoms with E-state index in [1.165, 1.54) is 15.6 Å². The lowest BCUT2D eigenvalue weighted by molar-refractivity contribution is -0.136. The van der Waals surface area contributed by atoms with E-state index in [1.54, 1.807) is 17.5 Å². The van der Waals surface area contributed by atoms with Gasteiger partial charge in [0.1, 0.15) is 10.3 Å². The number of likely N-dealkylation sites (tertiary alicyclic amines) is 1. The fourth-order valence-electron chi connectivity index (χ4n) is 3.66. The summed E-state index contributed by atoms with van der Waals surface area (Å²) in [4.78, 5) is 14.8. The second kappa shape index (κ2) is 7.51. The number of amides is 1. The lowest BCUT2D eigenvalue weighted by Gasteiger charge is -2.35. The van der Waals surface area contributed by atoms with Crippen molar-refractivity contribution < 1.29 is 13.2 Å². The summed E-state index contributed by atoms with van der Waals surface area (Å²) in [6, 6.07) is 2.82. The summed E-state index contributed by atoms with van der Waals surface area (Å²) in [7, 11) is -1.61. The van der Waals surface area contributed by atoms with Gasteiger partial charge in [-0.15, -0.1) is 11.3 Å². The highest BCUT2D eigenvalue weighted by molar-refractivity contribution is 7.91. The van der Waals surface area contributed by atoms with E-state index in [0.717, 1.165) is 38.9 Å². The molecule has 2 fully saturated rings. The van der Waals surface area contributed by atoms with E-state index < -0.39 is 16.1 Å². The van der Waals surface area contributed by atoms with E-state index >= 15 is 0 Å². The fraction of sp³-hybridized carbons (Fsp3) is 0.688. The number of hydrogen-bond donors (Lipinski definition) is 1. The molecule has 0 saturated carbocycles. The lowest BCUT2D eigenvalue weighted by Crippen LogP contribution is -2.50. The number of sulfonamides is 1. The minimum absolute atomic E-state index is 0.0180. The normalized spacial score (nSPS) is 23.7. The molecule has 1 aromatic heterocycles. The maximum Gasteiger partial charge on any atom is 0.253 e. The van der Waals surface area contributed by atoms with Crippen molar-refractivity contribution in [2.75, 3.05) is 33.2 Å². The van der Waals surface area contributed by atoms with Gasteiger partial charge in [0.15, 0.2) is 0 Å². The summed E-state index contributed by atoms with van der Waals surface area (Å²) >= 11 is 1.21. The number of piperidine rings is 1. The largest absolute Gasteiger partial charge is 0.341 e. The van der Waals surface area contributed by atoms with E-state index in [4.69, 9.17) is 0 Å². The molecule has 24 heavy (non-hydrogen) atoms. The first-order valence-corrected chi connectivity index (χ1v) is 10.8. The third-order valence-electron chi connectivity index (χ3n) is 4.97. The van der Waals surface area contributed by atoms with Gasteiger partial charge in [0, 0.05) is 19.6 Å². The zero-order valence-electron chi connectivity index (χ0n) is 14.0. The first kappa shape index (κ1) is 17.8. The van der Waals surface area contributed by atoms with Gasteiger partial charge in [-0.25, -0.2) is 8.42 Å². The van der Waals surface area contributed by atoms with Crippen LogP contribution in [0.2, 0.25) is 0 Å². The minimum atomic E-state index is -3.55. The molecule has 0 aromatic carbocycles. The predicted octanol–water partition coefficient (Wildman–Crippen LogP) is 1.36. The Morgan fingerprint density at radius 1 is 1.29 bits per heavy atom. The first-order valence-electron chi connectivity index (χ1n) is 8.53. The third-order valence-corrected chi connectivity index (χ3v) is 8.25. The van der Waals surface area contributed by atoms with Crippen LogP contribution < -0.4 is 5.32 Å². The monoisotopic (exact) mass is 371 g/mol. The van der Waals surface area contributed by atoms with Gasteiger partial charge in [-0.2, -0.15) is 4.31 Å². The van der Waals surface area contributed by atoms with Crippen LogP contribution in [-0.2, 0) is 14.8 Å². The molecule has 3 heterocycles. The molecule has 134 valence electrons. The standard InChI is InChI=1S/C16H25N3O3S2/c1-17-12-13-6-9-18(10-7-13)16(20)14-4-2-8-19(14)24(21,22)15-5-3-11-23-15/h3,5,11,13-14,17H,2,4,6-10,12H2,1H3. The Morgan fingerprint density at radius 2 is 2.04 bits per heavy atom. The molecule has 0 aliphatic carbocycles. The molecule has 1 N–H and O–H groups in total. The van der Waals surface area contributed by atoms with Crippen molar-refractivity contribution in [3.8, 4) is 0 Å². The lowest BCUT2D eigenvalue weighted by atomic mass is 9.96. The summed E-state index contributed by atoms with van der Waals surface area (Å²) in [6.07, 6.45) is 3.34. The van der Waals surface area contributed by atoms with Crippen molar-refractivity contribution in [2.24, 2.45) is 5.92 Å². The van der Waals surface area contributed by atoms with Gasteiger partial charge in [-0.3, -0.25) is 4.79 Å². The van der Waals surface area contributed by atoms with Gasteiger partial charge in [-0.1, -0.05) is 6.07 Å². The van der Waals surface area contributed by atoms with Crippen molar-refractivity contribution in [3.05, 3.63) is 17.5 Å². The summed E-state index contributed by atoms with van der Waals surface area (Å²) < 4.78 is 27.3. The topological polar surface area (TPSA) is 69.7 Å². The highest BCUT2D eigenvalue weighted by Gasteiger charge is 2.41. The van der Waals surface area contributed by atoms with Crippen molar-refractivity contribution in [1.82, 2.24) is 14.5 Å². The predicted molar refractivity (Wildman–Crippen MR) is 94.5 cm³/mol. The van der Waals surface area contributed by atoms with Crippen molar-refractivity contribution in [2.45, 2.75) is 35.9 Å². The van der Waals surface area contributed by atoms with Crippen LogP contribution in [0.1, 0.15) is 25.7 Å². The molecule has 2 aliphatic rings. The minimum Gasteiger partial charge on any atom is -0.341 e. The van der Waals surface area contributed by atoms with Crippen molar-refractivity contribution in [3.63, 3.8) is 0 Å². The van der Waals surface area contributed by atoms with E-state index in [9.17, 15) is 13.2 Å². The maximum absolute atomic E-state index is 12.9. The van der Waals surface area contributed by atoms with Gasteiger partial charge >= 0.3 is 0 Å². The molecule has 3 rings (SSSR count). The Hall–Kier alpha value is -0.960. The average Bonchev–Trinajstić information content (AvgIpc) is 3.27. The number of hydrogen-bond acceptors (Lipinski definition) is 5. The number of carbonyl (C=O) groups excluding carboxylic acids is 1. The van der Waals surface area contributed by atoms with E-state index in [-0.39, 0.29) is 5.91 Å². The average molecular weight is 372 g/mol. The van der Waals surface area contributed by atoms with E-state index in [2.05, 4.69) is 5.32 Å². The SMILES string of the molecule is CNCC1CCN(C(=O)C2CCCN2S(=O)(=O)c2cccs2)CC1. The molecule has 0 radical (unpaired) electrons. The van der Waals surface area contributed by atoms with Crippen LogP contribution in [0, 0.1) is 5.92 Å². The zero-order valence-corrected chi connectivity index (χ0v) is 15.6. The van der Waals surface area contributed by atoms with Crippen molar-refractivity contribution in [1.29, 1.82) is 0 Å². The highest BCUT2D eigenvalue weighted by atomic mass is 32.2. The molecular formula is C16H25N3O3S2. The smallest absolute Gasteiger partial charge is 0.253 e. The van der Waals surface area contributed by atoms with Gasteiger partial charge in [-0.05, 0) is 56.6 Å². The molecule has 1 unspecified atom stereocenters. The summed E-state index contributed by atoms with van der Waals surface area (Å²) in [5.41, 5.74) is 0. The number of nitrogens with zero attached hydrogens (tertiary/aromatic N) is 2. The Morgan fingerprint density at radius 3 is 2.67 bits per heavy atom. The van der Waals surface area contributed by atoms with Crippen LogP contribution in [0.15, 0.2) is 21.7 Å². The molecule has 1 atom stereocenters. The molecule has 6 nitrogen and oxygen atoms in total. The molecule has 0 spiro atoms.